The number of nitrogens with zero attached hydrogens (tertiary/aromatic N) is 2. The number of alkyl halides is 3. The number of ether oxygens (including phenoxy) is 1. The number of amidine groups is 1. The molecule has 3 aromatic rings. The number of aryl methyl sites for hydroxylation is 1. The van der Waals surface area contributed by atoms with E-state index in [0.29, 0.717) is 37.1 Å². The molecule has 3 aromatic carbocycles. The molecule has 8 nitrogen and oxygen atoms in total. The summed E-state index contributed by atoms with van der Waals surface area (Å²) in [5.41, 5.74) is 8.49. The second kappa shape index (κ2) is 13.9. The lowest BCUT2D eigenvalue weighted by Crippen LogP contribution is -2.42. The van der Waals surface area contributed by atoms with Crippen molar-refractivity contribution in [3.05, 3.63) is 89.0 Å². The summed E-state index contributed by atoms with van der Waals surface area (Å²) in [4.78, 5) is 16.7. The number of hydrogen-bond acceptors (Lipinski definition) is 6. The van der Waals surface area contributed by atoms with Crippen molar-refractivity contribution in [3.8, 4) is 17.6 Å². The van der Waals surface area contributed by atoms with Crippen molar-refractivity contribution in [2.75, 3.05) is 23.5 Å². The molecule has 0 fully saturated rings. The van der Waals surface area contributed by atoms with Crippen LogP contribution in [0.1, 0.15) is 48.4 Å². The first-order valence-electron chi connectivity index (χ1n) is 13.5. The number of halogens is 3. The number of urea groups is 1. The highest BCUT2D eigenvalue weighted by Crippen LogP contribution is 2.26. The van der Waals surface area contributed by atoms with Crippen LogP contribution < -0.4 is 31.1 Å². The summed E-state index contributed by atoms with van der Waals surface area (Å²) in [7, 11) is 0. The van der Waals surface area contributed by atoms with Gasteiger partial charge in [0, 0.05) is 29.8 Å². The maximum Gasteiger partial charge on any atom is 0.573 e. The minimum Gasteiger partial charge on any atom is -0.406 e. The zero-order valence-corrected chi connectivity index (χ0v) is 24.6. The van der Waals surface area contributed by atoms with E-state index in [1.165, 1.54) is 24.3 Å². The number of carbonyl (C=O) groups excluding carboxylic acids is 1. The number of carbonyl (C=O) groups is 1. The minimum atomic E-state index is -4.74. The van der Waals surface area contributed by atoms with Gasteiger partial charge in [0.05, 0.1) is 5.69 Å². The summed E-state index contributed by atoms with van der Waals surface area (Å²) < 4.78 is 41.0. The minimum absolute atomic E-state index is 0.217. The number of rotatable bonds is 7. The van der Waals surface area contributed by atoms with Crippen molar-refractivity contribution in [1.29, 1.82) is 0 Å². The number of nitrogens with one attached hydrogen (secondary N) is 4. The number of benzene rings is 3. The lowest BCUT2D eigenvalue weighted by molar-refractivity contribution is -0.274. The number of hydrazine groups is 1. The van der Waals surface area contributed by atoms with Crippen LogP contribution in [-0.2, 0) is 0 Å². The van der Waals surface area contributed by atoms with Crippen LogP contribution in [0.4, 0.5) is 29.3 Å². The Hall–Kier alpha value is -4.76. The quantitative estimate of drug-likeness (QED) is 0.146. The first kappa shape index (κ1) is 31.2. The SMILES string of the molecule is Cc1ccc(C(C)C)c(NC(=S)NC(=O)NCCC#Cc2ccc(C3=NCN(c4ccc(OC(F)(F)F)cc4)N3)cc2)c1. The Kier molecular flexibility index (Phi) is 10.1. The Morgan fingerprint density at radius 2 is 1.84 bits per heavy atom. The topological polar surface area (TPSA) is 90.0 Å². The highest BCUT2D eigenvalue weighted by molar-refractivity contribution is 7.80. The molecule has 43 heavy (non-hydrogen) atoms. The molecule has 0 saturated heterocycles. The summed E-state index contributed by atoms with van der Waals surface area (Å²) in [5, 5.41) is 10.4. The monoisotopic (exact) mass is 608 g/mol. The van der Waals surface area contributed by atoms with Gasteiger partial charge in [0.25, 0.3) is 0 Å². The number of thiocarbonyl (C=S) groups is 1. The molecule has 12 heteroatoms. The van der Waals surface area contributed by atoms with Crippen molar-refractivity contribution in [2.24, 2.45) is 4.99 Å². The van der Waals surface area contributed by atoms with E-state index in [9.17, 15) is 18.0 Å². The molecule has 2 amide bonds. The normalized spacial score (nSPS) is 12.5. The van der Waals surface area contributed by atoms with Gasteiger partial charge >= 0.3 is 12.4 Å². The molecule has 1 aliphatic rings. The molecule has 0 unspecified atom stereocenters. The molecule has 0 spiro atoms. The van der Waals surface area contributed by atoms with Gasteiger partial charge in [-0.05, 0) is 90.8 Å². The van der Waals surface area contributed by atoms with Gasteiger partial charge in [-0.1, -0.05) is 37.8 Å². The number of amides is 2. The molecule has 0 aromatic heterocycles. The van der Waals surface area contributed by atoms with Crippen LogP contribution in [0.15, 0.2) is 71.7 Å². The van der Waals surface area contributed by atoms with Crippen LogP contribution in [0.3, 0.4) is 0 Å². The number of aliphatic imine (C=N–C) groups is 1. The average Bonchev–Trinajstić information content (AvgIpc) is 3.43. The smallest absolute Gasteiger partial charge is 0.406 e. The van der Waals surface area contributed by atoms with E-state index in [1.807, 2.05) is 43.3 Å². The van der Waals surface area contributed by atoms with Crippen molar-refractivity contribution >= 4 is 40.6 Å². The Morgan fingerprint density at radius 3 is 2.51 bits per heavy atom. The number of hydrogen-bond donors (Lipinski definition) is 4. The average molecular weight is 609 g/mol. The first-order chi connectivity index (χ1) is 20.5. The summed E-state index contributed by atoms with van der Waals surface area (Å²) in [6.45, 7) is 6.83. The second-order valence-electron chi connectivity index (χ2n) is 9.94. The van der Waals surface area contributed by atoms with E-state index < -0.39 is 12.4 Å². The molecule has 1 aliphatic heterocycles. The molecule has 0 atom stereocenters. The highest BCUT2D eigenvalue weighted by atomic mass is 32.1. The van der Waals surface area contributed by atoms with E-state index >= 15 is 0 Å². The van der Waals surface area contributed by atoms with Crippen molar-refractivity contribution in [2.45, 2.75) is 39.5 Å². The van der Waals surface area contributed by atoms with Crippen molar-refractivity contribution in [1.82, 2.24) is 16.1 Å². The Balaban J connectivity index is 1.19. The number of anilines is 2. The van der Waals surface area contributed by atoms with E-state index in [1.54, 1.807) is 5.01 Å². The largest absolute Gasteiger partial charge is 0.573 e. The fraction of sp³-hybridized carbons (Fsp3) is 0.258. The summed E-state index contributed by atoms with van der Waals surface area (Å²) >= 11 is 5.30. The Bertz CT molecular complexity index is 1540. The van der Waals surface area contributed by atoms with Gasteiger partial charge < -0.3 is 15.4 Å². The third-order valence-corrected chi connectivity index (χ3v) is 6.43. The zero-order chi connectivity index (χ0) is 31.0. The van der Waals surface area contributed by atoms with Gasteiger partial charge in [0.15, 0.2) is 5.11 Å². The lowest BCUT2D eigenvalue weighted by Gasteiger charge is -2.19. The van der Waals surface area contributed by atoms with E-state index in [2.05, 4.69) is 62.9 Å². The molecular weight excluding hydrogens is 577 g/mol. The standard InChI is InChI=1S/C31H31F3N6O2S/c1-20(2)26-16-7-21(3)18-27(26)37-30(43)38-29(41)35-17-5-4-6-22-8-10-23(11-9-22)28-36-19-40(39-28)24-12-14-25(15-13-24)42-31(32,33)34/h7-16,18,20H,5,17,19H2,1-3H3,(H,36,39)(H3,35,37,38,41,43). The van der Waals surface area contributed by atoms with Crippen LogP contribution in [0.2, 0.25) is 0 Å². The molecule has 0 saturated carbocycles. The molecule has 4 N–H and O–H groups in total. The summed E-state index contributed by atoms with van der Waals surface area (Å²) in [6, 6.07) is 18.7. The van der Waals surface area contributed by atoms with Crippen LogP contribution in [0.5, 0.6) is 5.75 Å². The zero-order valence-electron chi connectivity index (χ0n) is 23.8. The highest BCUT2D eigenvalue weighted by Gasteiger charge is 2.31. The maximum atomic E-state index is 12.4. The van der Waals surface area contributed by atoms with Gasteiger partial charge in [-0.2, -0.15) is 0 Å². The third kappa shape index (κ3) is 9.37. The fourth-order valence-electron chi connectivity index (χ4n) is 4.17. The summed E-state index contributed by atoms with van der Waals surface area (Å²) in [6.07, 6.45) is -4.29. The second-order valence-corrected chi connectivity index (χ2v) is 10.3. The van der Waals surface area contributed by atoms with Gasteiger partial charge in [-0.3, -0.25) is 15.8 Å². The molecule has 224 valence electrons. The van der Waals surface area contributed by atoms with E-state index in [0.717, 1.165) is 27.9 Å². The molecule has 0 aliphatic carbocycles. The van der Waals surface area contributed by atoms with Crippen LogP contribution >= 0.6 is 12.2 Å². The maximum absolute atomic E-state index is 12.4. The van der Waals surface area contributed by atoms with Gasteiger partial charge in [0.2, 0.25) is 0 Å². The molecule has 4 rings (SSSR count). The van der Waals surface area contributed by atoms with E-state index in [-0.39, 0.29) is 10.9 Å². The molecule has 1 heterocycles. The van der Waals surface area contributed by atoms with Crippen LogP contribution in [0, 0.1) is 18.8 Å². The summed E-state index contributed by atoms with van der Waals surface area (Å²) in [5.74, 6) is 6.74. The molecule has 0 radical (unpaired) electrons. The predicted octanol–water partition coefficient (Wildman–Crippen LogP) is 6.18. The predicted molar refractivity (Wildman–Crippen MR) is 166 cm³/mol. The van der Waals surface area contributed by atoms with Gasteiger partial charge in [0.1, 0.15) is 18.3 Å². The van der Waals surface area contributed by atoms with Crippen LogP contribution in [-0.4, -0.2) is 36.6 Å². The molecule has 0 bridgehead atoms. The first-order valence-corrected chi connectivity index (χ1v) is 13.9. The van der Waals surface area contributed by atoms with E-state index in [4.69, 9.17) is 12.2 Å². The third-order valence-electron chi connectivity index (χ3n) is 6.23. The lowest BCUT2D eigenvalue weighted by atomic mass is 9.99. The van der Waals surface area contributed by atoms with Crippen LogP contribution in [0.25, 0.3) is 0 Å². The molecular formula is C31H31F3N6O2S. The fourth-order valence-corrected chi connectivity index (χ4v) is 4.37. The van der Waals surface area contributed by atoms with Crippen molar-refractivity contribution < 1.29 is 22.7 Å². The Labute approximate surface area is 253 Å². The Morgan fingerprint density at radius 1 is 1.12 bits per heavy atom. The van der Waals surface area contributed by atoms with Crippen molar-refractivity contribution in [3.63, 3.8) is 0 Å². The van der Waals surface area contributed by atoms with Gasteiger partial charge in [-0.15, -0.1) is 13.2 Å². The van der Waals surface area contributed by atoms with Gasteiger partial charge in [-0.25, -0.2) is 9.79 Å².